The summed E-state index contributed by atoms with van der Waals surface area (Å²) in [6, 6.07) is 3.54. The zero-order valence-corrected chi connectivity index (χ0v) is 12.7. The fraction of sp³-hybridized carbons (Fsp3) is 0.438. The van der Waals surface area contributed by atoms with Crippen LogP contribution in [0.3, 0.4) is 0 Å². The molecule has 3 rings (SSSR count). The van der Waals surface area contributed by atoms with Crippen molar-refractivity contribution in [2.75, 3.05) is 13.1 Å². The molecule has 2 aliphatic rings. The Labute approximate surface area is 132 Å². The van der Waals surface area contributed by atoms with E-state index in [0.29, 0.717) is 29.7 Å². The van der Waals surface area contributed by atoms with Gasteiger partial charge in [-0.15, -0.1) is 0 Å². The largest absolute Gasteiger partial charge is 0.416 e. The van der Waals surface area contributed by atoms with Gasteiger partial charge in [0.1, 0.15) is 5.54 Å². The molecule has 0 bridgehead atoms. The quantitative estimate of drug-likeness (QED) is 0.742. The fourth-order valence-corrected chi connectivity index (χ4v) is 3.01. The highest BCUT2D eigenvalue weighted by molar-refractivity contribution is 5.96. The molecule has 4 nitrogen and oxygen atoms in total. The number of carbonyl (C=O) groups is 1. The summed E-state index contributed by atoms with van der Waals surface area (Å²) in [5.41, 5.74) is 0.0415. The minimum atomic E-state index is -4.41. The molecule has 1 aromatic rings. The van der Waals surface area contributed by atoms with Crippen LogP contribution in [0.25, 0.3) is 5.70 Å². The van der Waals surface area contributed by atoms with Gasteiger partial charge in [-0.1, -0.05) is 6.07 Å². The van der Waals surface area contributed by atoms with Gasteiger partial charge in [-0.25, -0.2) is 0 Å². The number of hydrogen-bond donors (Lipinski definition) is 3. The maximum absolute atomic E-state index is 12.9. The van der Waals surface area contributed by atoms with E-state index in [9.17, 15) is 18.0 Å². The first kappa shape index (κ1) is 15.9. The molecule has 2 heterocycles. The van der Waals surface area contributed by atoms with Crippen LogP contribution in [0.5, 0.6) is 0 Å². The van der Waals surface area contributed by atoms with Crippen molar-refractivity contribution in [3.8, 4) is 0 Å². The maximum Gasteiger partial charge on any atom is 0.416 e. The van der Waals surface area contributed by atoms with Gasteiger partial charge in [-0.3, -0.25) is 4.79 Å². The highest BCUT2D eigenvalue weighted by Gasteiger charge is 2.41. The number of rotatable bonds is 1. The SMILES string of the molecule is Cc1ccc(C(F)(F)F)cc1C1=CNC2(CCNCC2)C(=O)N1. The van der Waals surface area contributed by atoms with Gasteiger partial charge in [-0.05, 0) is 50.6 Å². The van der Waals surface area contributed by atoms with E-state index in [4.69, 9.17) is 0 Å². The van der Waals surface area contributed by atoms with Crippen LogP contribution in [0.4, 0.5) is 13.2 Å². The van der Waals surface area contributed by atoms with Gasteiger partial charge in [0.25, 0.3) is 0 Å². The van der Waals surface area contributed by atoms with E-state index in [1.54, 1.807) is 13.1 Å². The Kier molecular flexibility index (Phi) is 3.83. The molecule has 1 fully saturated rings. The predicted molar refractivity (Wildman–Crippen MR) is 80.3 cm³/mol. The molecule has 2 aliphatic heterocycles. The summed E-state index contributed by atoms with van der Waals surface area (Å²) in [5.74, 6) is -0.187. The summed E-state index contributed by atoms with van der Waals surface area (Å²) in [6.07, 6.45) is -1.51. The van der Waals surface area contributed by atoms with Crippen molar-refractivity contribution < 1.29 is 18.0 Å². The van der Waals surface area contributed by atoms with Crippen LogP contribution in [-0.2, 0) is 11.0 Å². The van der Waals surface area contributed by atoms with Crippen molar-refractivity contribution in [1.29, 1.82) is 0 Å². The molecule has 0 atom stereocenters. The van der Waals surface area contributed by atoms with E-state index in [1.165, 1.54) is 6.07 Å². The average Bonchev–Trinajstić information content (AvgIpc) is 2.51. The van der Waals surface area contributed by atoms with E-state index in [1.807, 2.05) is 0 Å². The zero-order valence-electron chi connectivity index (χ0n) is 12.7. The summed E-state index contributed by atoms with van der Waals surface area (Å²) >= 11 is 0. The number of amides is 1. The normalized spacial score (nSPS) is 20.7. The Balaban J connectivity index is 1.93. The van der Waals surface area contributed by atoms with Crippen LogP contribution in [-0.4, -0.2) is 24.5 Å². The number of hydrogen-bond acceptors (Lipinski definition) is 3. The van der Waals surface area contributed by atoms with Gasteiger partial charge >= 0.3 is 6.18 Å². The molecule has 0 unspecified atom stereocenters. The van der Waals surface area contributed by atoms with Crippen molar-refractivity contribution in [2.24, 2.45) is 0 Å². The Bertz CT molecular complexity index is 661. The van der Waals surface area contributed by atoms with E-state index in [0.717, 1.165) is 25.2 Å². The molecule has 0 aromatic heterocycles. The highest BCUT2D eigenvalue weighted by atomic mass is 19.4. The second kappa shape index (κ2) is 5.56. The third-order valence-electron chi connectivity index (χ3n) is 4.49. The second-order valence-electron chi connectivity index (χ2n) is 6.02. The molecule has 1 aromatic carbocycles. The molecule has 23 heavy (non-hydrogen) atoms. The molecule has 0 radical (unpaired) electrons. The third-order valence-corrected chi connectivity index (χ3v) is 4.49. The van der Waals surface area contributed by atoms with Gasteiger partial charge in [0.05, 0.1) is 11.3 Å². The number of carbonyl (C=O) groups excluding carboxylic acids is 1. The summed E-state index contributed by atoms with van der Waals surface area (Å²) in [4.78, 5) is 12.5. The van der Waals surface area contributed by atoms with Gasteiger partial charge in [-0.2, -0.15) is 13.2 Å². The van der Waals surface area contributed by atoms with Crippen LogP contribution >= 0.6 is 0 Å². The number of aryl methyl sites for hydroxylation is 1. The first-order chi connectivity index (χ1) is 10.8. The molecule has 1 saturated heterocycles. The Morgan fingerprint density at radius 3 is 2.48 bits per heavy atom. The van der Waals surface area contributed by atoms with Crippen molar-refractivity contribution in [3.05, 3.63) is 41.1 Å². The standard InChI is InChI=1S/C16H18F3N3O/c1-10-2-3-11(16(17,18)19)8-12(10)13-9-21-15(14(23)22-13)4-6-20-7-5-15/h2-3,8-9,20-21H,4-7H2,1H3,(H,22,23). The maximum atomic E-state index is 12.9. The lowest BCUT2D eigenvalue weighted by Gasteiger charge is -2.40. The summed E-state index contributed by atoms with van der Waals surface area (Å²) < 4.78 is 38.7. The topological polar surface area (TPSA) is 53.2 Å². The molecule has 1 amide bonds. The van der Waals surface area contributed by atoms with Crippen molar-refractivity contribution in [1.82, 2.24) is 16.0 Å². The summed E-state index contributed by atoms with van der Waals surface area (Å²) in [7, 11) is 0. The lowest BCUT2D eigenvalue weighted by molar-refractivity contribution is -0.137. The third kappa shape index (κ3) is 2.93. The fourth-order valence-electron chi connectivity index (χ4n) is 3.01. The Morgan fingerprint density at radius 1 is 1.17 bits per heavy atom. The molecule has 3 N–H and O–H groups in total. The highest BCUT2D eigenvalue weighted by Crippen LogP contribution is 2.33. The van der Waals surface area contributed by atoms with Crippen LogP contribution in [0.1, 0.15) is 29.5 Å². The average molecular weight is 325 g/mol. The minimum absolute atomic E-state index is 0.187. The zero-order chi connectivity index (χ0) is 16.7. The van der Waals surface area contributed by atoms with Gasteiger partial charge in [0.15, 0.2) is 0 Å². The lowest BCUT2D eigenvalue weighted by Crippen LogP contribution is -2.62. The number of benzene rings is 1. The number of piperidine rings is 1. The summed E-state index contributed by atoms with van der Waals surface area (Å²) in [5, 5.41) is 9.09. The minimum Gasteiger partial charge on any atom is -0.375 e. The van der Waals surface area contributed by atoms with E-state index < -0.39 is 17.3 Å². The second-order valence-corrected chi connectivity index (χ2v) is 6.02. The predicted octanol–water partition coefficient (Wildman–Crippen LogP) is 2.15. The number of nitrogens with one attached hydrogen (secondary N) is 3. The van der Waals surface area contributed by atoms with Gasteiger partial charge < -0.3 is 16.0 Å². The van der Waals surface area contributed by atoms with Crippen molar-refractivity contribution in [3.63, 3.8) is 0 Å². The molecule has 7 heteroatoms. The first-order valence-electron chi connectivity index (χ1n) is 7.50. The van der Waals surface area contributed by atoms with E-state index >= 15 is 0 Å². The smallest absolute Gasteiger partial charge is 0.375 e. The Hall–Kier alpha value is -2.02. The van der Waals surface area contributed by atoms with Crippen molar-refractivity contribution >= 4 is 11.6 Å². The lowest BCUT2D eigenvalue weighted by atomic mass is 9.85. The van der Waals surface area contributed by atoms with Crippen molar-refractivity contribution in [2.45, 2.75) is 31.5 Å². The molecular weight excluding hydrogens is 307 g/mol. The molecule has 1 spiro atoms. The van der Waals surface area contributed by atoms with E-state index in [-0.39, 0.29) is 5.91 Å². The molecular formula is C16H18F3N3O. The van der Waals surface area contributed by atoms with Crippen LogP contribution in [0, 0.1) is 6.92 Å². The van der Waals surface area contributed by atoms with Crippen LogP contribution < -0.4 is 16.0 Å². The van der Waals surface area contributed by atoms with Crippen LogP contribution in [0.15, 0.2) is 24.4 Å². The molecule has 0 saturated carbocycles. The molecule has 0 aliphatic carbocycles. The summed E-state index contributed by atoms with van der Waals surface area (Å²) in [6.45, 7) is 3.18. The first-order valence-corrected chi connectivity index (χ1v) is 7.50. The number of halogens is 3. The monoisotopic (exact) mass is 325 g/mol. The van der Waals surface area contributed by atoms with Gasteiger partial charge in [0.2, 0.25) is 5.91 Å². The Morgan fingerprint density at radius 2 is 1.87 bits per heavy atom. The van der Waals surface area contributed by atoms with E-state index in [2.05, 4.69) is 16.0 Å². The van der Waals surface area contributed by atoms with Gasteiger partial charge in [0, 0.05) is 11.8 Å². The number of alkyl halides is 3. The van der Waals surface area contributed by atoms with Crippen LogP contribution in [0.2, 0.25) is 0 Å². The molecule has 124 valence electrons.